The zero-order valence-electron chi connectivity index (χ0n) is 15.7. The molecule has 146 valence electrons. The van der Waals surface area contributed by atoms with Gasteiger partial charge in [0, 0.05) is 47.9 Å². The van der Waals surface area contributed by atoms with E-state index in [1.54, 1.807) is 0 Å². The minimum absolute atomic E-state index is 0.409. The number of piperazine rings is 1. The van der Waals surface area contributed by atoms with Gasteiger partial charge in [-0.3, -0.25) is 4.90 Å². The summed E-state index contributed by atoms with van der Waals surface area (Å²) >= 11 is 4.49. The molecule has 0 aliphatic carbocycles. The third-order valence-electron chi connectivity index (χ3n) is 5.10. The second kappa shape index (κ2) is 10.4. The summed E-state index contributed by atoms with van der Waals surface area (Å²) in [6.45, 7) is 6.10. The summed E-state index contributed by atoms with van der Waals surface area (Å²) < 4.78 is 2.08. The fourth-order valence-electron chi connectivity index (χ4n) is 3.60. The molecule has 1 aliphatic heterocycles. The van der Waals surface area contributed by atoms with Crippen molar-refractivity contribution in [2.24, 2.45) is 0 Å². The van der Waals surface area contributed by atoms with Gasteiger partial charge in [0.05, 0.1) is 3.57 Å². The van der Waals surface area contributed by atoms with Gasteiger partial charge in [-0.15, -0.1) is 0 Å². The van der Waals surface area contributed by atoms with E-state index >= 15 is 0 Å². The first-order chi connectivity index (χ1) is 13.0. The average Bonchev–Trinajstić information content (AvgIpc) is 2.66. The molecule has 0 unspecified atom stereocenters. The summed E-state index contributed by atoms with van der Waals surface area (Å²) in [7, 11) is 2.21. The number of nitrogens with one attached hydrogen (secondary N) is 1. The Labute approximate surface area is 189 Å². The van der Waals surface area contributed by atoms with Crippen molar-refractivity contribution in [1.29, 1.82) is 0 Å². The predicted octanol–water partition coefficient (Wildman–Crippen LogP) is 4.07. The summed E-state index contributed by atoms with van der Waals surface area (Å²) in [5, 5.41) is 13.7. The van der Waals surface area contributed by atoms with E-state index in [4.69, 9.17) is 0 Å². The van der Waals surface area contributed by atoms with Crippen LogP contribution >= 0.6 is 45.2 Å². The van der Waals surface area contributed by atoms with Gasteiger partial charge in [0.2, 0.25) is 0 Å². The Bertz CT molecular complexity index is 742. The third kappa shape index (κ3) is 6.03. The minimum atomic E-state index is 0.409. The molecule has 1 fully saturated rings. The minimum Gasteiger partial charge on any atom is -0.507 e. The summed E-state index contributed by atoms with van der Waals surface area (Å²) in [6.07, 6.45) is 1.11. The van der Waals surface area contributed by atoms with Gasteiger partial charge in [0.1, 0.15) is 5.75 Å². The molecule has 6 heteroatoms. The second-order valence-corrected chi connectivity index (χ2v) is 9.56. The Morgan fingerprint density at radius 2 is 1.93 bits per heavy atom. The van der Waals surface area contributed by atoms with E-state index in [-0.39, 0.29) is 0 Å². The van der Waals surface area contributed by atoms with E-state index in [0.29, 0.717) is 18.3 Å². The van der Waals surface area contributed by atoms with E-state index in [1.165, 1.54) is 5.56 Å². The highest BCUT2D eigenvalue weighted by Crippen LogP contribution is 2.27. The molecule has 1 saturated heterocycles. The molecule has 3 rings (SSSR count). The number of rotatable bonds is 7. The third-order valence-corrected chi connectivity index (χ3v) is 6.55. The van der Waals surface area contributed by atoms with Crippen molar-refractivity contribution in [3.63, 3.8) is 0 Å². The van der Waals surface area contributed by atoms with Gasteiger partial charge in [-0.2, -0.15) is 0 Å². The van der Waals surface area contributed by atoms with E-state index in [0.717, 1.165) is 51.8 Å². The molecule has 2 aromatic carbocycles. The Hall–Kier alpha value is -0.420. The predicted molar refractivity (Wildman–Crippen MR) is 128 cm³/mol. The summed E-state index contributed by atoms with van der Waals surface area (Å²) in [5.74, 6) is 0.409. The number of hydrogen-bond acceptors (Lipinski definition) is 4. The first kappa shape index (κ1) is 21.3. The Balaban J connectivity index is 1.49. The Kier molecular flexibility index (Phi) is 8.19. The normalized spacial score (nSPS) is 18.7. The number of halogens is 2. The fraction of sp³-hybridized carbons (Fsp3) is 0.429. The highest BCUT2D eigenvalue weighted by Gasteiger charge is 2.25. The van der Waals surface area contributed by atoms with Crippen LogP contribution in [0.5, 0.6) is 5.75 Å². The number of hydrogen-bond donors (Lipinski definition) is 2. The summed E-state index contributed by atoms with van der Waals surface area (Å²) in [6, 6.07) is 15.4. The topological polar surface area (TPSA) is 38.7 Å². The van der Waals surface area contributed by atoms with Crippen LogP contribution < -0.4 is 5.32 Å². The van der Waals surface area contributed by atoms with E-state index < -0.39 is 0 Å². The van der Waals surface area contributed by atoms with Crippen LogP contribution in [0.3, 0.4) is 0 Å². The van der Waals surface area contributed by atoms with Crippen LogP contribution in [0.2, 0.25) is 0 Å². The van der Waals surface area contributed by atoms with Crippen LogP contribution in [-0.2, 0) is 6.54 Å². The zero-order valence-corrected chi connectivity index (χ0v) is 20.0. The van der Waals surface area contributed by atoms with E-state index in [1.807, 2.05) is 6.07 Å². The molecule has 1 aliphatic rings. The van der Waals surface area contributed by atoms with Crippen LogP contribution in [-0.4, -0.2) is 54.7 Å². The van der Waals surface area contributed by atoms with E-state index in [9.17, 15) is 5.11 Å². The lowest BCUT2D eigenvalue weighted by molar-refractivity contribution is 0.0888. The van der Waals surface area contributed by atoms with Crippen LogP contribution in [0.15, 0.2) is 42.5 Å². The molecule has 2 N–H and O–H groups in total. The van der Waals surface area contributed by atoms with Crippen molar-refractivity contribution < 1.29 is 5.11 Å². The van der Waals surface area contributed by atoms with Crippen molar-refractivity contribution >= 4 is 45.2 Å². The van der Waals surface area contributed by atoms with Crippen LogP contribution in [0.1, 0.15) is 23.6 Å². The highest BCUT2D eigenvalue weighted by molar-refractivity contribution is 14.1. The van der Waals surface area contributed by atoms with Crippen molar-refractivity contribution in [2.75, 3.05) is 39.8 Å². The zero-order chi connectivity index (χ0) is 19.2. The Morgan fingerprint density at radius 3 is 2.70 bits per heavy atom. The Morgan fingerprint density at radius 1 is 1.15 bits per heavy atom. The van der Waals surface area contributed by atoms with Gasteiger partial charge < -0.3 is 15.3 Å². The largest absolute Gasteiger partial charge is 0.507 e. The smallest absolute Gasteiger partial charge is 0.133 e. The number of benzene rings is 2. The molecule has 27 heavy (non-hydrogen) atoms. The molecular weight excluding hydrogens is 564 g/mol. The number of likely N-dealkylation sites (N-methyl/N-ethyl adjacent to an activating group) is 1. The van der Waals surface area contributed by atoms with Gasteiger partial charge in [-0.05, 0) is 82.9 Å². The fourth-order valence-corrected chi connectivity index (χ4v) is 5.57. The van der Waals surface area contributed by atoms with Gasteiger partial charge in [-0.1, -0.05) is 30.3 Å². The van der Waals surface area contributed by atoms with Crippen LogP contribution in [0.4, 0.5) is 0 Å². The molecule has 0 aromatic heterocycles. The molecular formula is C21H27I2N3O. The van der Waals surface area contributed by atoms with Gasteiger partial charge in [-0.25, -0.2) is 0 Å². The van der Waals surface area contributed by atoms with Crippen molar-refractivity contribution in [1.82, 2.24) is 15.1 Å². The maximum absolute atomic E-state index is 10.2. The van der Waals surface area contributed by atoms with Crippen LogP contribution in [0.25, 0.3) is 0 Å². The molecule has 0 radical (unpaired) electrons. The number of aromatic hydroxyl groups is 1. The van der Waals surface area contributed by atoms with Crippen molar-refractivity contribution in [3.8, 4) is 5.75 Å². The molecule has 0 amide bonds. The lowest BCUT2D eigenvalue weighted by Gasteiger charge is -2.40. The number of phenolic OH excluding ortho intramolecular Hbond substituents is 1. The average molecular weight is 591 g/mol. The first-order valence-corrected chi connectivity index (χ1v) is 11.6. The molecule has 0 saturated carbocycles. The highest BCUT2D eigenvalue weighted by atomic mass is 127. The van der Waals surface area contributed by atoms with Crippen molar-refractivity contribution in [2.45, 2.75) is 19.0 Å². The maximum atomic E-state index is 10.2. The molecule has 0 spiro atoms. The molecule has 1 heterocycles. The van der Waals surface area contributed by atoms with Gasteiger partial charge >= 0.3 is 0 Å². The first-order valence-electron chi connectivity index (χ1n) is 9.39. The summed E-state index contributed by atoms with van der Waals surface area (Å²) in [5.41, 5.74) is 2.39. The molecule has 1 atom stereocenters. The molecule has 0 bridgehead atoms. The quantitative estimate of drug-likeness (QED) is 0.377. The number of phenols is 1. The molecule has 2 aromatic rings. The summed E-state index contributed by atoms with van der Waals surface area (Å²) in [4.78, 5) is 5.04. The SMILES string of the molecule is CN1CCN(CCCNCc2cc(I)cc(I)c2O)[C@H](c2ccccc2)C1. The standard InChI is InChI=1S/C21H27I2N3O/c1-25-10-11-26(20(15-25)16-6-3-2-4-7-16)9-5-8-24-14-17-12-18(22)13-19(23)21(17)27/h2-4,6-7,12-13,20,24,27H,5,8-11,14-15H2,1H3/t20-/m0/s1. The van der Waals surface area contributed by atoms with Crippen molar-refractivity contribution in [3.05, 3.63) is 60.7 Å². The lowest BCUT2D eigenvalue weighted by Crippen LogP contribution is -2.47. The van der Waals surface area contributed by atoms with Gasteiger partial charge in [0.15, 0.2) is 0 Å². The van der Waals surface area contributed by atoms with Crippen LogP contribution in [0, 0.1) is 7.14 Å². The number of nitrogens with zero attached hydrogens (tertiary/aromatic N) is 2. The lowest BCUT2D eigenvalue weighted by atomic mass is 10.0. The molecule has 4 nitrogen and oxygen atoms in total. The maximum Gasteiger partial charge on any atom is 0.133 e. The van der Waals surface area contributed by atoms with Gasteiger partial charge in [0.25, 0.3) is 0 Å². The van der Waals surface area contributed by atoms with E-state index in [2.05, 4.69) is 104 Å². The second-order valence-electron chi connectivity index (χ2n) is 7.15. The monoisotopic (exact) mass is 591 g/mol.